The number of hydrogen-bond donors (Lipinski definition) is 1. The van der Waals surface area contributed by atoms with Crippen LogP contribution in [0.1, 0.15) is 25.8 Å². The zero-order valence-electron chi connectivity index (χ0n) is 12.5. The number of carbonyl (C=O) groups is 1. The molecule has 1 fully saturated rings. The molecule has 0 saturated carbocycles. The van der Waals surface area contributed by atoms with Crippen LogP contribution in [0.5, 0.6) is 0 Å². The lowest BCUT2D eigenvalue weighted by molar-refractivity contribution is -0.118. The Balaban J connectivity index is 2.34. The average Bonchev–Trinajstić information content (AvgIpc) is 2.70. The number of nitrogens with two attached hydrogens (primary N) is 1. The zero-order chi connectivity index (χ0) is 15.1. The minimum Gasteiger partial charge on any atom is -0.320 e. The molecule has 1 saturated heterocycles. The van der Waals surface area contributed by atoms with E-state index >= 15 is 0 Å². The number of halogens is 1. The van der Waals surface area contributed by atoms with Gasteiger partial charge in [0.1, 0.15) is 5.82 Å². The summed E-state index contributed by atoms with van der Waals surface area (Å²) in [5.74, 6) is -0.580. The quantitative estimate of drug-likeness (QED) is 0.916. The molecule has 1 heterocycles. The molecule has 110 valence electrons. The van der Waals surface area contributed by atoms with E-state index in [-0.39, 0.29) is 17.3 Å². The second-order valence-corrected chi connectivity index (χ2v) is 6.00. The highest BCUT2D eigenvalue weighted by Crippen LogP contribution is 2.31. The summed E-state index contributed by atoms with van der Waals surface area (Å²) in [6.45, 7) is 4.53. The average molecular weight is 279 g/mol. The largest absolute Gasteiger partial charge is 0.320 e. The zero-order valence-corrected chi connectivity index (χ0v) is 12.5. The predicted octanol–water partition coefficient (Wildman–Crippen LogP) is 1.69. The Morgan fingerprint density at radius 1 is 1.40 bits per heavy atom. The first-order chi connectivity index (χ1) is 9.25. The molecule has 4 nitrogen and oxygen atoms in total. The number of anilines is 1. The topological polar surface area (TPSA) is 49.6 Å². The van der Waals surface area contributed by atoms with E-state index in [0.717, 1.165) is 5.56 Å². The summed E-state index contributed by atoms with van der Waals surface area (Å²) in [6, 6.07) is 4.54. The van der Waals surface area contributed by atoms with E-state index in [4.69, 9.17) is 5.73 Å². The van der Waals surface area contributed by atoms with Crippen LogP contribution in [0.4, 0.5) is 10.1 Å². The molecule has 1 aliphatic heterocycles. The third-order valence-electron chi connectivity index (χ3n) is 4.31. The van der Waals surface area contributed by atoms with Crippen LogP contribution >= 0.6 is 0 Å². The van der Waals surface area contributed by atoms with Crippen LogP contribution in [0.3, 0.4) is 0 Å². The van der Waals surface area contributed by atoms with Crippen molar-refractivity contribution in [1.82, 2.24) is 4.90 Å². The van der Waals surface area contributed by atoms with Crippen LogP contribution in [0, 0.1) is 5.82 Å². The molecule has 1 unspecified atom stereocenters. The summed E-state index contributed by atoms with van der Waals surface area (Å²) < 4.78 is 14.3. The normalized spacial score (nSPS) is 20.1. The van der Waals surface area contributed by atoms with Crippen molar-refractivity contribution in [1.29, 1.82) is 0 Å². The molecule has 0 spiro atoms. The van der Waals surface area contributed by atoms with Crippen molar-refractivity contribution in [2.45, 2.75) is 31.8 Å². The fraction of sp³-hybridized carbons (Fsp3) is 0.533. The predicted molar refractivity (Wildman–Crippen MR) is 78.1 cm³/mol. The van der Waals surface area contributed by atoms with Gasteiger partial charge in [-0.2, -0.15) is 0 Å². The van der Waals surface area contributed by atoms with E-state index in [1.807, 2.05) is 38.9 Å². The molecule has 20 heavy (non-hydrogen) atoms. The van der Waals surface area contributed by atoms with Gasteiger partial charge in [0.2, 0.25) is 5.91 Å². The number of benzene rings is 1. The van der Waals surface area contributed by atoms with Crippen LogP contribution < -0.4 is 10.6 Å². The van der Waals surface area contributed by atoms with Gasteiger partial charge in [0.15, 0.2) is 0 Å². The van der Waals surface area contributed by atoms with Crippen LogP contribution in [0.15, 0.2) is 18.2 Å². The van der Waals surface area contributed by atoms with Crippen molar-refractivity contribution in [2.75, 3.05) is 25.5 Å². The molecule has 2 N–H and O–H groups in total. The van der Waals surface area contributed by atoms with Crippen molar-refractivity contribution in [3.8, 4) is 0 Å². The third kappa shape index (κ3) is 2.43. The third-order valence-corrected chi connectivity index (χ3v) is 4.31. The maximum absolute atomic E-state index is 14.3. The molecule has 0 aromatic heterocycles. The summed E-state index contributed by atoms with van der Waals surface area (Å²) in [5.41, 5.74) is 6.60. The molecule has 0 aliphatic carbocycles. The second kappa shape index (κ2) is 5.14. The fourth-order valence-corrected chi connectivity index (χ4v) is 2.31. The van der Waals surface area contributed by atoms with E-state index < -0.39 is 6.04 Å². The Morgan fingerprint density at radius 2 is 2.05 bits per heavy atom. The molecule has 0 bridgehead atoms. The highest BCUT2D eigenvalue weighted by atomic mass is 19.1. The van der Waals surface area contributed by atoms with Gasteiger partial charge in [0, 0.05) is 12.1 Å². The number of amides is 1. The van der Waals surface area contributed by atoms with Gasteiger partial charge in [-0.3, -0.25) is 4.79 Å². The standard InChI is InChI=1S/C15H22FN3O/c1-15(2,18(3)4)10-5-6-13(11(16)9-10)19-8-7-12(17)14(19)20/h5-6,9,12H,7-8,17H2,1-4H3. The van der Waals surface area contributed by atoms with E-state index in [1.165, 1.54) is 11.0 Å². The first-order valence-electron chi connectivity index (χ1n) is 6.79. The molecule has 5 heteroatoms. The second-order valence-electron chi connectivity index (χ2n) is 6.00. The minimum absolute atomic E-state index is 0.205. The Morgan fingerprint density at radius 3 is 2.50 bits per heavy atom. The number of hydrogen-bond acceptors (Lipinski definition) is 3. The Labute approximate surface area is 119 Å². The van der Waals surface area contributed by atoms with Crippen molar-refractivity contribution in [3.63, 3.8) is 0 Å². The van der Waals surface area contributed by atoms with Gasteiger partial charge < -0.3 is 15.5 Å². The highest BCUT2D eigenvalue weighted by molar-refractivity contribution is 5.99. The summed E-state index contributed by atoms with van der Waals surface area (Å²) in [5, 5.41) is 0. The first kappa shape index (κ1) is 14.9. The Kier molecular flexibility index (Phi) is 3.84. The van der Waals surface area contributed by atoms with Crippen molar-refractivity contribution < 1.29 is 9.18 Å². The number of nitrogens with zero attached hydrogens (tertiary/aromatic N) is 2. The Bertz CT molecular complexity index is 528. The summed E-state index contributed by atoms with van der Waals surface area (Å²) in [6.07, 6.45) is 0.573. The van der Waals surface area contributed by atoms with Gasteiger partial charge >= 0.3 is 0 Å². The summed E-state index contributed by atoms with van der Waals surface area (Å²) >= 11 is 0. The van der Waals surface area contributed by atoms with Crippen molar-refractivity contribution in [2.24, 2.45) is 5.73 Å². The smallest absolute Gasteiger partial charge is 0.244 e. The first-order valence-corrected chi connectivity index (χ1v) is 6.79. The van der Waals surface area contributed by atoms with Gasteiger partial charge in [-0.15, -0.1) is 0 Å². The lowest BCUT2D eigenvalue weighted by Gasteiger charge is -2.33. The minimum atomic E-state index is -0.507. The highest BCUT2D eigenvalue weighted by Gasteiger charge is 2.32. The van der Waals surface area contributed by atoms with Crippen LogP contribution in [0.2, 0.25) is 0 Å². The molecule has 0 radical (unpaired) electrons. The SMILES string of the molecule is CN(C)C(C)(C)c1ccc(N2CCC(N)C2=O)c(F)c1. The van der Waals surface area contributed by atoms with Crippen LogP contribution in [-0.4, -0.2) is 37.5 Å². The molecule has 1 aromatic rings. The Hall–Kier alpha value is -1.46. The molecular weight excluding hydrogens is 257 g/mol. The summed E-state index contributed by atoms with van der Waals surface area (Å²) in [4.78, 5) is 15.3. The lowest BCUT2D eigenvalue weighted by atomic mass is 9.92. The van der Waals surface area contributed by atoms with Crippen LogP contribution in [-0.2, 0) is 10.3 Å². The molecular formula is C15H22FN3O. The van der Waals surface area contributed by atoms with Gasteiger partial charge in [0.25, 0.3) is 0 Å². The van der Waals surface area contributed by atoms with E-state index in [0.29, 0.717) is 18.7 Å². The van der Waals surface area contributed by atoms with Crippen molar-refractivity contribution in [3.05, 3.63) is 29.6 Å². The molecule has 1 atom stereocenters. The molecule has 2 rings (SSSR count). The maximum atomic E-state index is 14.3. The lowest BCUT2D eigenvalue weighted by Crippen LogP contribution is -2.36. The van der Waals surface area contributed by atoms with Gasteiger partial charge in [-0.05, 0) is 52.1 Å². The van der Waals surface area contributed by atoms with E-state index in [9.17, 15) is 9.18 Å². The maximum Gasteiger partial charge on any atom is 0.244 e. The van der Waals surface area contributed by atoms with E-state index in [2.05, 4.69) is 0 Å². The van der Waals surface area contributed by atoms with Crippen molar-refractivity contribution >= 4 is 11.6 Å². The molecule has 1 aliphatic rings. The van der Waals surface area contributed by atoms with Gasteiger partial charge in [-0.1, -0.05) is 6.07 Å². The summed E-state index contributed by atoms with van der Waals surface area (Å²) in [7, 11) is 3.91. The molecule has 1 amide bonds. The van der Waals surface area contributed by atoms with E-state index in [1.54, 1.807) is 6.07 Å². The number of rotatable bonds is 3. The monoisotopic (exact) mass is 279 g/mol. The van der Waals surface area contributed by atoms with Gasteiger partial charge in [0.05, 0.1) is 11.7 Å². The molecule has 1 aromatic carbocycles. The van der Waals surface area contributed by atoms with Gasteiger partial charge in [-0.25, -0.2) is 4.39 Å². The van der Waals surface area contributed by atoms with Crippen LogP contribution in [0.25, 0.3) is 0 Å². The fourth-order valence-electron chi connectivity index (χ4n) is 2.31. The number of carbonyl (C=O) groups excluding carboxylic acids is 1.